The zero-order valence-corrected chi connectivity index (χ0v) is 20.2. The second kappa shape index (κ2) is 13.3. The number of nitrogens with two attached hydrogens (primary N) is 2. The second-order valence-electron chi connectivity index (χ2n) is 8.72. The molecule has 8 N–H and O–H groups in total. The summed E-state index contributed by atoms with van der Waals surface area (Å²) in [5.74, 6) is -0.596. The summed E-state index contributed by atoms with van der Waals surface area (Å²) in [5, 5.41) is 25.4. The van der Waals surface area contributed by atoms with Crippen LogP contribution in [-0.2, 0) is 0 Å². The van der Waals surface area contributed by atoms with Crippen LogP contribution in [0.5, 0.6) is 11.5 Å². The lowest BCUT2D eigenvalue weighted by molar-refractivity contribution is 0.0945. The molecule has 8 heteroatoms. The number of phenols is 2. The van der Waals surface area contributed by atoms with E-state index in [0.29, 0.717) is 35.3 Å². The monoisotopic (exact) mass is 470 g/mol. The maximum Gasteiger partial charge on any atom is 0.253 e. The first-order chi connectivity index (χ1) is 16.2. The van der Waals surface area contributed by atoms with Gasteiger partial charge < -0.3 is 32.3 Å². The van der Waals surface area contributed by atoms with Crippen molar-refractivity contribution in [3.8, 4) is 11.5 Å². The van der Waals surface area contributed by atoms with Crippen molar-refractivity contribution in [2.45, 2.75) is 65.2 Å². The van der Waals surface area contributed by atoms with E-state index in [0.717, 1.165) is 51.4 Å². The van der Waals surface area contributed by atoms with Crippen molar-refractivity contribution in [2.75, 3.05) is 24.6 Å². The third kappa shape index (κ3) is 7.57. The van der Waals surface area contributed by atoms with Crippen molar-refractivity contribution in [3.63, 3.8) is 0 Å². The molecule has 2 amide bonds. The quantitative estimate of drug-likeness (QED) is 0.147. The zero-order valence-electron chi connectivity index (χ0n) is 20.2. The highest BCUT2D eigenvalue weighted by Crippen LogP contribution is 2.28. The number of unbranched alkanes of at least 4 members (excludes halogenated alkanes) is 7. The van der Waals surface area contributed by atoms with Crippen molar-refractivity contribution in [1.82, 2.24) is 10.6 Å². The van der Waals surface area contributed by atoms with Gasteiger partial charge in [-0.1, -0.05) is 50.7 Å². The highest BCUT2D eigenvalue weighted by atomic mass is 16.3. The van der Waals surface area contributed by atoms with Crippen LogP contribution in [0.3, 0.4) is 0 Å². The van der Waals surface area contributed by atoms with Crippen LogP contribution in [-0.4, -0.2) is 35.1 Å². The molecule has 8 nitrogen and oxygen atoms in total. The smallest absolute Gasteiger partial charge is 0.253 e. The van der Waals surface area contributed by atoms with Gasteiger partial charge in [0.1, 0.15) is 11.5 Å². The Morgan fingerprint density at radius 1 is 0.647 bits per heavy atom. The van der Waals surface area contributed by atoms with E-state index >= 15 is 0 Å². The molecule has 0 aliphatic rings. The first-order valence-electron chi connectivity index (χ1n) is 12.0. The van der Waals surface area contributed by atoms with E-state index in [-0.39, 0.29) is 34.7 Å². The van der Waals surface area contributed by atoms with Gasteiger partial charge in [-0.3, -0.25) is 9.59 Å². The van der Waals surface area contributed by atoms with Crippen LogP contribution in [0.25, 0.3) is 0 Å². The third-order valence-corrected chi connectivity index (χ3v) is 6.00. The minimum absolute atomic E-state index is 0.0358. The number of amides is 2. The molecule has 2 aromatic carbocycles. The second-order valence-corrected chi connectivity index (χ2v) is 8.72. The van der Waals surface area contributed by atoms with Gasteiger partial charge in [0, 0.05) is 13.1 Å². The summed E-state index contributed by atoms with van der Waals surface area (Å²) in [4.78, 5) is 24.4. The molecule has 0 heterocycles. The Morgan fingerprint density at radius 3 is 1.32 bits per heavy atom. The first kappa shape index (κ1) is 26.8. The van der Waals surface area contributed by atoms with Crippen molar-refractivity contribution in [1.29, 1.82) is 0 Å². The Morgan fingerprint density at radius 2 is 0.971 bits per heavy atom. The normalized spacial score (nSPS) is 10.8. The maximum absolute atomic E-state index is 12.2. The fraction of sp³-hybridized carbons (Fsp3) is 0.462. The van der Waals surface area contributed by atoms with Crippen LogP contribution in [0.15, 0.2) is 24.3 Å². The number of aromatic hydroxyl groups is 2. The summed E-state index contributed by atoms with van der Waals surface area (Å²) in [7, 11) is 0. The van der Waals surface area contributed by atoms with Gasteiger partial charge in [0.15, 0.2) is 0 Å². The Kier molecular flexibility index (Phi) is 10.5. The number of benzene rings is 2. The van der Waals surface area contributed by atoms with Gasteiger partial charge in [-0.2, -0.15) is 0 Å². The van der Waals surface area contributed by atoms with Gasteiger partial charge in [-0.25, -0.2) is 0 Å². The molecule has 0 atom stereocenters. The molecule has 0 saturated heterocycles. The van der Waals surface area contributed by atoms with Crippen molar-refractivity contribution < 1.29 is 19.8 Å². The van der Waals surface area contributed by atoms with Crippen LogP contribution < -0.4 is 22.1 Å². The van der Waals surface area contributed by atoms with E-state index in [4.69, 9.17) is 11.5 Å². The number of nitrogen functional groups attached to an aromatic ring is 2. The number of nitrogens with one attached hydrogen (secondary N) is 2. The minimum Gasteiger partial charge on any atom is -0.505 e. The number of hydrogen-bond acceptors (Lipinski definition) is 6. The number of carbonyl (C=O) groups is 2. The molecule has 0 bridgehead atoms. The van der Waals surface area contributed by atoms with E-state index in [1.807, 2.05) is 0 Å². The Bertz CT molecular complexity index is 912. The average molecular weight is 471 g/mol. The molecule has 0 unspecified atom stereocenters. The fourth-order valence-corrected chi connectivity index (χ4v) is 3.74. The lowest BCUT2D eigenvalue weighted by Crippen LogP contribution is -2.25. The van der Waals surface area contributed by atoms with Gasteiger partial charge in [0.2, 0.25) is 0 Å². The topological polar surface area (TPSA) is 151 Å². The summed E-state index contributed by atoms with van der Waals surface area (Å²) in [6, 6.07) is 6.63. The molecule has 2 rings (SSSR count). The Labute approximate surface area is 201 Å². The van der Waals surface area contributed by atoms with E-state index in [2.05, 4.69) is 10.6 Å². The number of aryl methyl sites for hydroxylation is 2. The van der Waals surface area contributed by atoms with Crippen LogP contribution in [0, 0.1) is 13.8 Å². The molecular formula is C26H38N4O4. The third-order valence-electron chi connectivity index (χ3n) is 6.00. The first-order valence-corrected chi connectivity index (χ1v) is 12.0. The number of anilines is 2. The van der Waals surface area contributed by atoms with Crippen LogP contribution >= 0.6 is 0 Å². The number of hydrogen-bond donors (Lipinski definition) is 6. The highest BCUT2D eigenvalue weighted by Gasteiger charge is 2.14. The summed E-state index contributed by atoms with van der Waals surface area (Å²) < 4.78 is 0. The Hall–Kier alpha value is -3.42. The fourth-order valence-electron chi connectivity index (χ4n) is 3.74. The van der Waals surface area contributed by atoms with Gasteiger partial charge >= 0.3 is 0 Å². The van der Waals surface area contributed by atoms with Crippen LogP contribution in [0.4, 0.5) is 11.4 Å². The lowest BCUT2D eigenvalue weighted by atomic mass is 10.1. The predicted octanol–water partition coefficient (Wildman–Crippen LogP) is 4.16. The van der Waals surface area contributed by atoms with E-state index < -0.39 is 0 Å². The van der Waals surface area contributed by atoms with E-state index in [1.165, 1.54) is 0 Å². The summed E-state index contributed by atoms with van der Waals surface area (Å²) in [5.41, 5.74) is 13.8. The molecule has 0 radical (unpaired) electrons. The molecule has 0 aliphatic carbocycles. The van der Waals surface area contributed by atoms with Crippen LogP contribution in [0.1, 0.15) is 83.2 Å². The SMILES string of the molecule is Cc1ccc(C(=O)NCCCCCCCCCCNC(=O)c2ccc(C)c(O)c2N)c(N)c1O. The lowest BCUT2D eigenvalue weighted by Gasteiger charge is -2.10. The highest BCUT2D eigenvalue weighted by molar-refractivity contribution is 6.01. The van der Waals surface area contributed by atoms with Crippen LogP contribution in [0.2, 0.25) is 0 Å². The number of carbonyl (C=O) groups excluding carboxylic acids is 2. The molecule has 0 saturated carbocycles. The molecule has 0 aromatic heterocycles. The standard InChI is InChI=1S/C26H38N4O4/c1-17-11-13-19(21(27)23(17)31)25(33)29-15-9-7-5-3-4-6-8-10-16-30-26(34)20-14-12-18(2)24(32)22(20)28/h11-14,31-32H,3-10,15-16,27-28H2,1-2H3,(H,29,33)(H,30,34). The minimum atomic E-state index is -0.262. The zero-order chi connectivity index (χ0) is 25.1. The van der Waals surface area contributed by atoms with E-state index in [9.17, 15) is 19.8 Å². The maximum atomic E-state index is 12.2. The summed E-state index contributed by atoms with van der Waals surface area (Å²) in [6.07, 6.45) is 8.36. The molecule has 0 aliphatic heterocycles. The summed E-state index contributed by atoms with van der Waals surface area (Å²) >= 11 is 0. The van der Waals surface area contributed by atoms with Gasteiger partial charge in [0.05, 0.1) is 22.5 Å². The predicted molar refractivity (Wildman–Crippen MR) is 136 cm³/mol. The van der Waals surface area contributed by atoms with Gasteiger partial charge in [0.25, 0.3) is 11.8 Å². The van der Waals surface area contributed by atoms with Crippen molar-refractivity contribution in [2.24, 2.45) is 0 Å². The average Bonchev–Trinajstić information content (AvgIpc) is 2.81. The largest absolute Gasteiger partial charge is 0.505 e. The molecule has 0 spiro atoms. The van der Waals surface area contributed by atoms with E-state index in [1.54, 1.807) is 38.1 Å². The summed E-state index contributed by atoms with van der Waals surface area (Å²) in [6.45, 7) is 4.63. The number of phenolic OH excluding ortho intramolecular Hbond substituents is 2. The Balaban J connectivity index is 1.48. The molecular weight excluding hydrogens is 432 g/mol. The van der Waals surface area contributed by atoms with Gasteiger partial charge in [-0.05, 0) is 49.9 Å². The molecule has 2 aromatic rings. The van der Waals surface area contributed by atoms with Crippen molar-refractivity contribution in [3.05, 3.63) is 46.5 Å². The molecule has 34 heavy (non-hydrogen) atoms. The molecule has 0 fully saturated rings. The van der Waals surface area contributed by atoms with Gasteiger partial charge in [-0.15, -0.1) is 0 Å². The van der Waals surface area contributed by atoms with Crippen molar-refractivity contribution >= 4 is 23.2 Å². The molecule has 186 valence electrons. The number of rotatable bonds is 13.